The Bertz CT molecular complexity index is 1940. The molecule has 2 aliphatic rings. The van der Waals surface area contributed by atoms with Gasteiger partial charge in [0, 0.05) is 22.3 Å². The second kappa shape index (κ2) is 8.37. The van der Waals surface area contributed by atoms with Crippen LogP contribution in [0.2, 0.25) is 0 Å². The van der Waals surface area contributed by atoms with Gasteiger partial charge in [-0.1, -0.05) is 85.8 Å². The van der Waals surface area contributed by atoms with Gasteiger partial charge in [0.1, 0.15) is 35.1 Å². The summed E-state index contributed by atoms with van der Waals surface area (Å²) in [4.78, 5) is 25.8. The molecule has 0 saturated carbocycles. The molecule has 0 saturated heterocycles. The van der Waals surface area contributed by atoms with Crippen molar-refractivity contribution >= 4 is 23.1 Å². The highest BCUT2D eigenvalue weighted by molar-refractivity contribution is 6.22. The van der Waals surface area contributed by atoms with E-state index in [1.54, 1.807) is 12.1 Å². The summed E-state index contributed by atoms with van der Waals surface area (Å²) in [5.41, 5.74) is 6.01. The van der Waals surface area contributed by atoms with Crippen LogP contribution in [0.5, 0.6) is 0 Å². The van der Waals surface area contributed by atoms with E-state index < -0.39 is 0 Å². The summed E-state index contributed by atoms with van der Waals surface area (Å²) in [5.74, 6) is 0.413. The molecule has 0 unspecified atom stereocenters. The molecular formula is C23H13N13O2. The minimum atomic E-state index is -0.131. The number of ketones is 1. The molecule has 15 nitrogen and oxygen atoms in total. The van der Waals surface area contributed by atoms with E-state index in [1.807, 2.05) is 42.5 Å². The Labute approximate surface area is 211 Å². The zero-order chi connectivity index (χ0) is 25.6. The van der Waals surface area contributed by atoms with Gasteiger partial charge in [0.25, 0.3) is 11.6 Å². The summed E-state index contributed by atoms with van der Waals surface area (Å²) < 4.78 is 2.51. The summed E-state index contributed by atoms with van der Waals surface area (Å²) in [5, 5.41) is 34.7. The van der Waals surface area contributed by atoms with Crippen molar-refractivity contribution in [2.24, 2.45) is 5.16 Å². The molecule has 0 bridgehead atoms. The third-order valence-corrected chi connectivity index (χ3v) is 5.79. The Hall–Kier alpha value is -5.86. The van der Waals surface area contributed by atoms with Crippen LogP contribution < -0.4 is 0 Å². The average Bonchev–Trinajstić information content (AvgIpc) is 3.73. The van der Waals surface area contributed by atoms with E-state index >= 15 is 0 Å². The maximum absolute atomic E-state index is 12.1. The lowest BCUT2D eigenvalue weighted by atomic mass is 10.1. The molecule has 0 radical (unpaired) electrons. The van der Waals surface area contributed by atoms with Crippen LogP contribution in [0.3, 0.4) is 0 Å². The number of tetrazole rings is 2. The molecule has 4 heterocycles. The van der Waals surface area contributed by atoms with Crippen LogP contribution >= 0.6 is 0 Å². The van der Waals surface area contributed by atoms with Crippen molar-refractivity contribution in [1.29, 1.82) is 0 Å². The summed E-state index contributed by atoms with van der Waals surface area (Å²) in [6, 6.07) is 15.0. The molecular weight excluding hydrogens is 490 g/mol. The van der Waals surface area contributed by atoms with Crippen LogP contribution in [0.15, 0.2) is 66.3 Å². The molecule has 0 amide bonds. The van der Waals surface area contributed by atoms with Gasteiger partial charge < -0.3 is 4.84 Å². The summed E-state index contributed by atoms with van der Waals surface area (Å²) in [6.45, 7) is 3.92. The quantitative estimate of drug-likeness (QED) is 0.190. The van der Waals surface area contributed by atoms with Gasteiger partial charge in [-0.05, 0) is 20.9 Å². The normalized spacial score (nSPS) is 13.6. The van der Waals surface area contributed by atoms with Crippen LogP contribution in [-0.2, 0) is 4.84 Å². The van der Waals surface area contributed by atoms with Crippen molar-refractivity contribution in [3.8, 4) is 22.5 Å². The zero-order valence-corrected chi connectivity index (χ0v) is 19.2. The number of benzene rings is 2. The van der Waals surface area contributed by atoms with Crippen LogP contribution in [-0.4, -0.2) is 78.6 Å². The molecule has 2 aromatic carbocycles. The zero-order valence-electron chi connectivity index (χ0n) is 19.2. The van der Waals surface area contributed by atoms with Gasteiger partial charge in [0.05, 0.1) is 0 Å². The van der Waals surface area contributed by atoms with Gasteiger partial charge in [-0.15, -0.1) is 10.2 Å². The molecule has 0 aliphatic heterocycles. The second-order valence-electron chi connectivity index (χ2n) is 8.00. The Morgan fingerprint density at radius 3 is 1.97 bits per heavy atom. The Morgan fingerprint density at radius 1 is 0.763 bits per heavy atom. The lowest BCUT2D eigenvalue weighted by Crippen LogP contribution is -2.06. The third-order valence-electron chi connectivity index (χ3n) is 5.79. The van der Waals surface area contributed by atoms with Gasteiger partial charge in [0.15, 0.2) is 0 Å². The molecule has 15 heteroatoms. The summed E-state index contributed by atoms with van der Waals surface area (Å²) in [6.07, 6.45) is 1.63. The van der Waals surface area contributed by atoms with E-state index in [2.05, 4.69) is 63.0 Å². The van der Waals surface area contributed by atoms with Gasteiger partial charge in [0.2, 0.25) is 5.78 Å². The third kappa shape index (κ3) is 3.22. The van der Waals surface area contributed by atoms with Crippen LogP contribution in [0.4, 0.5) is 0 Å². The maximum atomic E-state index is 12.1. The van der Waals surface area contributed by atoms with E-state index in [4.69, 9.17) is 4.84 Å². The number of nitrogens with zero attached hydrogens (tertiary/aromatic N) is 13. The predicted octanol–water partition coefficient (Wildman–Crippen LogP) is 0.975. The maximum Gasteiger partial charge on any atom is 0.292 e. The number of fused-ring (bicyclic) bond motifs is 8. The lowest BCUT2D eigenvalue weighted by molar-refractivity contribution is 0.103. The minimum Gasteiger partial charge on any atom is -0.391 e. The first kappa shape index (κ1) is 21.4. The van der Waals surface area contributed by atoms with Crippen LogP contribution in [0.1, 0.15) is 27.3 Å². The van der Waals surface area contributed by atoms with Gasteiger partial charge in [-0.3, -0.25) is 4.79 Å². The first-order valence-corrected chi connectivity index (χ1v) is 11.2. The Balaban J connectivity index is 0.000000130. The largest absolute Gasteiger partial charge is 0.391 e. The van der Waals surface area contributed by atoms with Crippen molar-refractivity contribution in [3.05, 3.63) is 83.7 Å². The first-order valence-electron chi connectivity index (χ1n) is 11.2. The SMILES string of the molecule is C=CCON=C1c2ccccc2-c2nn3nnnc3nc21.O=C1c2ccccc2-c2nn3nnnc3nc21. The molecule has 38 heavy (non-hydrogen) atoms. The molecule has 0 spiro atoms. The van der Waals surface area contributed by atoms with E-state index in [1.165, 1.54) is 9.26 Å². The van der Waals surface area contributed by atoms with Gasteiger partial charge >= 0.3 is 0 Å². The Kier molecular flexibility index (Phi) is 4.72. The molecule has 182 valence electrons. The van der Waals surface area contributed by atoms with Crippen molar-refractivity contribution in [3.63, 3.8) is 0 Å². The van der Waals surface area contributed by atoms with E-state index in [-0.39, 0.29) is 11.6 Å². The standard InChI is InChI=1S/C13H9N7O.C10H4N6O/c1-2-7-21-17-11-9-6-4-3-5-8(9)10-12(11)14-13-15-18-19-20(13)16-10;17-9-6-4-2-1-3-5(6)7-8(9)11-10-12-14-15-16(10)13-7/h2-6H,1,7H2;1-4H. The number of hydrogen-bond donors (Lipinski definition) is 0. The second-order valence-corrected chi connectivity index (χ2v) is 8.00. The topological polar surface area (TPSA) is 176 Å². The molecule has 6 aromatic rings. The van der Waals surface area contributed by atoms with Gasteiger partial charge in [-0.2, -0.15) is 0 Å². The molecule has 0 N–H and O–H groups in total. The Morgan fingerprint density at radius 2 is 1.32 bits per heavy atom. The van der Waals surface area contributed by atoms with Crippen LogP contribution in [0, 0.1) is 0 Å². The molecule has 4 aromatic heterocycles. The summed E-state index contributed by atoms with van der Waals surface area (Å²) >= 11 is 0. The van der Waals surface area contributed by atoms with Crippen LogP contribution in [0.25, 0.3) is 34.1 Å². The first-order chi connectivity index (χ1) is 18.7. The van der Waals surface area contributed by atoms with E-state index in [9.17, 15) is 4.79 Å². The van der Waals surface area contributed by atoms with Crippen molar-refractivity contribution in [2.45, 2.75) is 0 Å². The number of hydrogen-bond acceptors (Lipinski definition) is 13. The summed E-state index contributed by atoms with van der Waals surface area (Å²) in [7, 11) is 0. The average molecular weight is 503 g/mol. The van der Waals surface area contributed by atoms with Gasteiger partial charge in [-0.25, -0.2) is 9.97 Å². The number of oxime groups is 1. The monoisotopic (exact) mass is 503 g/mol. The highest BCUT2D eigenvalue weighted by Crippen LogP contribution is 2.34. The number of rotatable bonds is 3. The van der Waals surface area contributed by atoms with Crippen molar-refractivity contribution in [1.82, 2.24) is 60.5 Å². The molecule has 2 aliphatic carbocycles. The molecule has 0 fully saturated rings. The van der Waals surface area contributed by atoms with Crippen molar-refractivity contribution < 1.29 is 9.63 Å². The minimum absolute atomic E-state index is 0.131. The predicted molar refractivity (Wildman–Crippen MR) is 129 cm³/mol. The fourth-order valence-corrected chi connectivity index (χ4v) is 4.18. The lowest BCUT2D eigenvalue weighted by Gasteiger charge is -1.99. The highest BCUT2D eigenvalue weighted by atomic mass is 16.6. The number of aromatic nitrogens is 12. The highest BCUT2D eigenvalue weighted by Gasteiger charge is 2.31. The molecule has 8 rings (SSSR count). The fraction of sp³-hybridized carbons (Fsp3) is 0.0435. The molecule has 0 atom stereocenters. The van der Waals surface area contributed by atoms with E-state index in [0.717, 1.165) is 16.7 Å². The number of carbonyl (C=O) groups is 1. The fourth-order valence-electron chi connectivity index (χ4n) is 4.18. The smallest absolute Gasteiger partial charge is 0.292 e. The van der Waals surface area contributed by atoms with Crippen molar-refractivity contribution in [2.75, 3.05) is 6.61 Å². The number of carbonyl (C=O) groups excluding carboxylic acids is 1. The van der Waals surface area contributed by atoms with E-state index in [0.29, 0.717) is 46.4 Å².